The molecule has 0 fully saturated rings. The van der Waals surface area contributed by atoms with Gasteiger partial charge in [-0.05, 0) is 6.07 Å². The number of aliphatic carboxylic acids is 1. The molecule has 2 rings (SSSR count). The molecule has 8 heteroatoms. The molecule has 0 aliphatic heterocycles. The molecular formula is C11H13N5O3. The monoisotopic (exact) mass is 263 g/mol. The van der Waals surface area contributed by atoms with Gasteiger partial charge in [0.2, 0.25) is 5.88 Å². The van der Waals surface area contributed by atoms with E-state index >= 15 is 0 Å². The van der Waals surface area contributed by atoms with Crippen LogP contribution in [-0.4, -0.2) is 38.2 Å². The molecule has 0 aromatic carbocycles. The van der Waals surface area contributed by atoms with E-state index in [0.29, 0.717) is 18.1 Å². The number of carboxylic acids is 1. The minimum absolute atomic E-state index is 0.198. The third-order valence-electron chi connectivity index (χ3n) is 2.30. The van der Waals surface area contributed by atoms with Gasteiger partial charge in [0, 0.05) is 18.0 Å². The van der Waals surface area contributed by atoms with Crippen molar-refractivity contribution in [3.8, 4) is 5.88 Å². The number of hydrogen-bond donors (Lipinski definition) is 2. The molecule has 0 amide bonds. The molecule has 100 valence electrons. The highest BCUT2D eigenvalue weighted by Gasteiger charge is 2.04. The van der Waals surface area contributed by atoms with Crippen LogP contribution in [0.2, 0.25) is 0 Å². The van der Waals surface area contributed by atoms with Crippen LogP contribution >= 0.6 is 0 Å². The van der Waals surface area contributed by atoms with Crippen LogP contribution in [-0.2, 0) is 17.9 Å². The summed E-state index contributed by atoms with van der Waals surface area (Å²) in [5, 5.41) is 19.3. The maximum absolute atomic E-state index is 10.5. The lowest BCUT2D eigenvalue weighted by molar-refractivity contribution is -0.137. The summed E-state index contributed by atoms with van der Waals surface area (Å²) in [5.41, 5.74) is 1.48. The lowest BCUT2D eigenvalue weighted by atomic mass is 10.3. The summed E-state index contributed by atoms with van der Waals surface area (Å²) in [6.45, 7) is 0.239. The second-order valence-corrected chi connectivity index (χ2v) is 3.74. The zero-order chi connectivity index (χ0) is 13.7. The summed E-state index contributed by atoms with van der Waals surface area (Å²) in [4.78, 5) is 14.5. The Balaban J connectivity index is 1.94. The van der Waals surface area contributed by atoms with E-state index in [1.165, 1.54) is 4.68 Å². The average Bonchev–Trinajstić information content (AvgIpc) is 2.83. The van der Waals surface area contributed by atoms with Gasteiger partial charge in [-0.1, -0.05) is 5.21 Å². The highest BCUT2D eigenvalue weighted by atomic mass is 16.5. The number of carbonyl (C=O) groups is 1. The molecule has 0 atom stereocenters. The van der Waals surface area contributed by atoms with E-state index in [2.05, 4.69) is 20.6 Å². The first-order chi connectivity index (χ1) is 9.17. The van der Waals surface area contributed by atoms with Crippen molar-refractivity contribution in [2.45, 2.75) is 13.1 Å². The zero-order valence-electron chi connectivity index (χ0n) is 10.3. The van der Waals surface area contributed by atoms with E-state index in [9.17, 15) is 4.79 Å². The Bertz CT molecular complexity index is 569. The number of ether oxygens (including phenoxy) is 1. The van der Waals surface area contributed by atoms with Crippen molar-refractivity contribution in [1.29, 1.82) is 0 Å². The number of nitrogens with one attached hydrogen (secondary N) is 1. The molecule has 2 heterocycles. The molecule has 0 saturated heterocycles. The second-order valence-electron chi connectivity index (χ2n) is 3.74. The van der Waals surface area contributed by atoms with Crippen LogP contribution in [0.5, 0.6) is 5.88 Å². The number of methoxy groups -OCH3 is 1. The van der Waals surface area contributed by atoms with Crippen molar-refractivity contribution < 1.29 is 14.6 Å². The Morgan fingerprint density at radius 2 is 2.42 bits per heavy atom. The van der Waals surface area contributed by atoms with Crippen LogP contribution in [0.25, 0.3) is 0 Å². The maximum atomic E-state index is 10.5. The van der Waals surface area contributed by atoms with Crippen molar-refractivity contribution in [3.63, 3.8) is 0 Å². The highest BCUT2D eigenvalue weighted by Crippen LogP contribution is 2.13. The van der Waals surface area contributed by atoms with Gasteiger partial charge in [0.15, 0.2) is 0 Å². The molecule has 0 aliphatic carbocycles. The van der Waals surface area contributed by atoms with E-state index in [1.807, 2.05) is 0 Å². The average molecular weight is 263 g/mol. The van der Waals surface area contributed by atoms with Gasteiger partial charge in [-0.25, -0.2) is 9.67 Å². The third kappa shape index (κ3) is 3.66. The Hall–Kier alpha value is -2.64. The molecule has 0 saturated carbocycles. The standard InChI is InChI=1S/C11H13N5O3/c1-19-10-4-8(2-3-12-10)13-5-9-6-16(15-14-9)7-11(17)18/h2-4,6H,5,7H2,1H3,(H,12,13)(H,17,18). The van der Waals surface area contributed by atoms with Crippen LogP contribution in [0.15, 0.2) is 24.5 Å². The lowest BCUT2D eigenvalue weighted by Gasteiger charge is -2.05. The maximum Gasteiger partial charge on any atom is 0.325 e. The Morgan fingerprint density at radius 1 is 1.58 bits per heavy atom. The molecule has 0 aliphatic rings. The summed E-state index contributed by atoms with van der Waals surface area (Å²) in [7, 11) is 1.55. The molecule has 0 unspecified atom stereocenters. The molecule has 0 spiro atoms. The van der Waals surface area contributed by atoms with Gasteiger partial charge in [0.25, 0.3) is 0 Å². The molecule has 0 radical (unpaired) electrons. The van der Waals surface area contributed by atoms with Gasteiger partial charge in [-0.15, -0.1) is 5.10 Å². The predicted octanol–water partition coefficient (Wildman–Crippen LogP) is 0.378. The minimum atomic E-state index is -0.955. The minimum Gasteiger partial charge on any atom is -0.481 e. The van der Waals surface area contributed by atoms with Gasteiger partial charge < -0.3 is 15.2 Å². The van der Waals surface area contributed by atoms with E-state index in [1.54, 1.807) is 31.6 Å². The zero-order valence-corrected chi connectivity index (χ0v) is 10.3. The SMILES string of the molecule is COc1cc(NCc2cn(CC(=O)O)nn2)ccn1. The van der Waals surface area contributed by atoms with Gasteiger partial charge in [0.05, 0.1) is 19.9 Å². The van der Waals surface area contributed by atoms with Crippen LogP contribution in [0.4, 0.5) is 5.69 Å². The van der Waals surface area contributed by atoms with Crippen molar-refractivity contribution in [2.24, 2.45) is 0 Å². The Labute approximate surface area is 109 Å². The predicted molar refractivity (Wildman–Crippen MR) is 65.8 cm³/mol. The van der Waals surface area contributed by atoms with Crippen LogP contribution in [0.3, 0.4) is 0 Å². The van der Waals surface area contributed by atoms with Crippen molar-refractivity contribution in [2.75, 3.05) is 12.4 Å². The van der Waals surface area contributed by atoms with Gasteiger partial charge in [-0.3, -0.25) is 4.79 Å². The van der Waals surface area contributed by atoms with Crippen molar-refractivity contribution >= 4 is 11.7 Å². The number of pyridine rings is 1. The fourth-order valence-electron chi connectivity index (χ4n) is 1.46. The summed E-state index contributed by atoms with van der Waals surface area (Å²) < 4.78 is 6.28. The Kier molecular flexibility index (Phi) is 3.91. The topological polar surface area (TPSA) is 102 Å². The second kappa shape index (κ2) is 5.80. The van der Waals surface area contributed by atoms with Crippen LogP contribution in [0.1, 0.15) is 5.69 Å². The lowest BCUT2D eigenvalue weighted by Crippen LogP contribution is -2.09. The summed E-state index contributed by atoms with van der Waals surface area (Å²) in [6.07, 6.45) is 3.21. The number of rotatable bonds is 6. The van der Waals surface area contributed by atoms with Crippen LogP contribution in [0, 0.1) is 0 Å². The first-order valence-corrected chi connectivity index (χ1v) is 5.52. The summed E-state index contributed by atoms with van der Waals surface area (Å²) in [5.74, 6) is -0.442. The molecular weight excluding hydrogens is 250 g/mol. The fourth-order valence-corrected chi connectivity index (χ4v) is 1.46. The third-order valence-corrected chi connectivity index (χ3v) is 2.30. The molecule has 2 aromatic rings. The van der Waals surface area contributed by atoms with Gasteiger partial charge in [0.1, 0.15) is 12.2 Å². The molecule has 0 bridgehead atoms. The number of nitrogens with zero attached hydrogens (tertiary/aromatic N) is 4. The van der Waals surface area contributed by atoms with Gasteiger partial charge in [-0.2, -0.15) is 0 Å². The van der Waals surface area contributed by atoms with E-state index in [-0.39, 0.29) is 6.54 Å². The Morgan fingerprint density at radius 3 is 3.16 bits per heavy atom. The number of hydrogen-bond acceptors (Lipinski definition) is 6. The van der Waals surface area contributed by atoms with E-state index < -0.39 is 5.97 Å². The molecule has 2 N–H and O–H groups in total. The number of aromatic nitrogens is 4. The summed E-state index contributed by atoms with van der Waals surface area (Å²) >= 11 is 0. The molecule has 19 heavy (non-hydrogen) atoms. The molecule has 8 nitrogen and oxygen atoms in total. The van der Waals surface area contributed by atoms with Crippen LogP contribution < -0.4 is 10.1 Å². The molecule has 2 aromatic heterocycles. The van der Waals surface area contributed by atoms with E-state index in [4.69, 9.17) is 9.84 Å². The highest BCUT2D eigenvalue weighted by molar-refractivity contribution is 5.66. The summed E-state index contributed by atoms with van der Waals surface area (Å²) in [6, 6.07) is 3.55. The van der Waals surface area contributed by atoms with Crippen molar-refractivity contribution in [1.82, 2.24) is 20.0 Å². The first kappa shape index (κ1) is 12.8. The smallest absolute Gasteiger partial charge is 0.325 e. The number of carboxylic acid groups (broad SMARTS) is 1. The largest absolute Gasteiger partial charge is 0.481 e. The normalized spacial score (nSPS) is 10.2. The van der Waals surface area contributed by atoms with E-state index in [0.717, 1.165) is 5.69 Å². The first-order valence-electron chi connectivity index (χ1n) is 5.52. The quantitative estimate of drug-likeness (QED) is 0.776. The number of anilines is 1. The fraction of sp³-hybridized carbons (Fsp3) is 0.273. The van der Waals surface area contributed by atoms with Crippen molar-refractivity contribution in [3.05, 3.63) is 30.2 Å². The van der Waals surface area contributed by atoms with Gasteiger partial charge >= 0.3 is 5.97 Å².